The fourth-order valence-corrected chi connectivity index (χ4v) is 4.34. The van der Waals surface area contributed by atoms with Gasteiger partial charge in [-0.3, -0.25) is 9.69 Å². The van der Waals surface area contributed by atoms with Crippen molar-refractivity contribution in [1.29, 1.82) is 0 Å². The smallest absolute Gasteiger partial charge is 0.266 e. The fraction of sp³-hybridized carbons (Fsp3) is 0.125. The lowest BCUT2D eigenvalue weighted by Gasteiger charge is -2.23. The van der Waals surface area contributed by atoms with Gasteiger partial charge < -0.3 is 0 Å². The fourth-order valence-electron chi connectivity index (χ4n) is 2.20. The third-order valence-electron chi connectivity index (χ3n) is 3.31. The van der Waals surface area contributed by atoms with Crippen molar-refractivity contribution in [3.63, 3.8) is 0 Å². The summed E-state index contributed by atoms with van der Waals surface area (Å²) in [6, 6.07) is 13.9. The minimum atomic E-state index is -0.0482. The first-order chi connectivity index (χ1) is 10.2. The molecule has 1 fully saturated rings. The molecule has 1 aromatic heterocycles. The van der Waals surface area contributed by atoms with Crippen molar-refractivity contribution in [3.05, 3.63) is 63.2 Å². The maximum Gasteiger partial charge on any atom is 0.266 e. The van der Waals surface area contributed by atoms with Crippen molar-refractivity contribution in [2.75, 3.05) is 0 Å². The summed E-state index contributed by atoms with van der Waals surface area (Å²) in [5.41, 5.74) is 1.09. The molecular formula is C16H13NOS3. The van der Waals surface area contributed by atoms with Gasteiger partial charge in [0, 0.05) is 4.88 Å². The van der Waals surface area contributed by atoms with E-state index in [1.165, 1.54) is 11.8 Å². The largest absolute Gasteiger partial charge is 0.286 e. The Hall–Kier alpha value is -1.43. The number of carbonyl (C=O) groups excluding carboxylic acids is 1. The highest BCUT2D eigenvalue weighted by Crippen LogP contribution is 2.38. The lowest BCUT2D eigenvalue weighted by molar-refractivity contribution is -0.123. The molecule has 1 aliphatic rings. The molecule has 0 N–H and O–H groups in total. The first-order valence-corrected chi connectivity index (χ1v) is 8.63. The van der Waals surface area contributed by atoms with Crippen LogP contribution in [0, 0.1) is 0 Å². The summed E-state index contributed by atoms with van der Waals surface area (Å²) in [5, 5.41) is 2.00. The molecule has 0 saturated carbocycles. The molecule has 106 valence electrons. The van der Waals surface area contributed by atoms with E-state index in [1.54, 1.807) is 16.2 Å². The van der Waals surface area contributed by atoms with Crippen LogP contribution in [0.1, 0.15) is 23.4 Å². The third kappa shape index (κ3) is 2.95. The summed E-state index contributed by atoms with van der Waals surface area (Å²) in [5.74, 6) is -0.00486. The van der Waals surface area contributed by atoms with Gasteiger partial charge in [-0.1, -0.05) is 60.4 Å². The number of amides is 1. The van der Waals surface area contributed by atoms with Gasteiger partial charge in [-0.05, 0) is 30.0 Å². The van der Waals surface area contributed by atoms with Crippen LogP contribution in [0.3, 0.4) is 0 Å². The van der Waals surface area contributed by atoms with Crippen molar-refractivity contribution < 1.29 is 4.79 Å². The number of hydrogen-bond donors (Lipinski definition) is 0. The molecular weight excluding hydrogens is 318 g/mol. The number of thioether (sulfide) groups is 1. The van der Waals surface area contributed by atoms with Crippen LogP contribution in [0.25, 0.3) is 6.08 Å². The number of benzene rings is 1. The van der Waals surface area contributed by atoms with Gasteiger partial charge >= 0.3 is 0 Å². The molecule has 0 bridgehead atoms. The zero-order valence-corrected chi connectivity index (χ0v) is 13.8. The van der Waals surface area contributed by atoms with Gasteiger partial charge in [0.15, 0.2) is 0 Å². The van der Waals surface area contributed by atoms with Gasteiger partial charge in [-0.15, -0.1) is 11.3 Å². The topological polar surface area (TPSA) is 20.3 Å². The maximum absolute atomic E-state index is 12.6. The lowest BCUT2D eigenvalue weighted by Crippen LogP contribution is -2.30. The summed E-state index contributed by atoms with van der Waals surface area (Å²) in [6.07, 6.45) is 1.92. The Labute approximate surface area is 137 Å². The molecule has 1 aromatic carbocycles. The molecule has 3 rings (SSSR count). The average molecular weight is 331 g/mol. The van der Waals surface area contributed by atoms with Crippen LogP contribution in [-0.4, -0.2) is 15.1 Å². The lowest BCUT2D eigenvalue weighted by atomic mass is 10.1. The van der Waals surface area contributed by atoms with E-state index in [2.05, 4.69) is 0 Å². The van der Waals surface area contributed by atoms with Crippen molar-refractivity contribution in [3.8, 4) is 0 Å². The zero-order valence-electron chi connectivity index (χ0n) is 11.4. The second kappa shape index (κ2) is 6.13. The summed E-state index contributed by atoms with van der Waals surface area (Å²) < 4.78 is 0.624. The molecule has 1 atom stereocenters. The minimum Gasteiger partial charge on any atom is -0.286 e. The molecule has 1 amide bonds. The van der Waals surface area contributed by atoms with Gasteiger partial charge in [-0.25, -0.2) is 0 Å². The highest BCUT2D eigenvalue weighted by molar-refractivity contribution is 8.26. The van der Waals surface area contributed by atoms with Gasteiger partial charge in [0.1, 0.15) is 4.32 Å². The molecule has 5 heteroatoms. The number of carbonyl (C=O) groups is 1. The summed E-state index contributed by atoms with van der Waals surface area (Å²) in [7, 11) is 0. The molecule has 2 nitrogen and oxygen atoms in total. The van der Waals surface area contributed by atoms with Crippen molar-refractivity contribution in [1.82, 2.24) is 4.90 Å². The number of nitrogens with zero attached hydrogens (tertiary/aromatic N) is 1. The van der Waals surface area contributed by atoms with Gasteiger partial charge in [0.2, 0.25) is 0 Å². The Balaban J connectivity index is 1.88. The summed E-state index contributed by atoms with van der Waals surface area (Å²) in [4.78, 5) is 16.1. The van der Waals surface area contributed by atoms with E-state index in [-0.39, 0.29) is 11.9 Å². The van der Waals surface area contributed by atoms with Crippen LogP contribution >= 0.6 is 35.3 Å². The zero-order chi connectivity index (χ0) is 14.8. The van der Waals surface area contributed by atoms with E-state index in [4.69, 9.17) is 12.2 Å². The van der Waals surface area contributed by atoms with Crippen LogP contribution in [0.5, 0.6) is 0 Å². The summed E-state index contributed by atoms with van der Waals surface area (Å²) in [6.45, 7) is 2.01. The number of thiophene rings is 1. The Kier molecular flexibility index (Phi) is 4.24. The van der Waals surface area contributed by atoms with E-state index in [0.29, 0.717) is 9.23 Å². The normalized spacial score (nSPS) is 18.5. The van der Waals surface area contributed by atoms with Crippen molar-refractivity contribution >= 4 is 51.6 Å². The van der Waals surface area contributed by atoms with E-state index in [1.807, 2.05) is 60.8 Å². The number of rotatable bonds is 3. The van der Waals surface area contributed by atoms with Gasteiger partial charge in [-0.2, -0.15) is 0 Å². The number of hydrogen-bond acceptors (Lipinski definition) is 4. The Morgan fingerprint density at radius 2 is 1.95 bits per heavy atom. The Bertz CT molecular complexity index is 692. The highest BCUT2D eigenvalue weighted by Gasteiger charge is 2.35. The highest BCUT2D eigenvalue weighted by atomic mass is 32.2. The average Bonchev–Trinajstić information content (AvgIpc) is 3.09. The third-order valence-corrected chi connectivity index (χ3v) is 5.46. The second-order valence-corrected chi connectivity index (χ2v) is 7.31. The standard InChI is InChI=1S/C16H13NOS3/c1-11(12-6-3-2-4-7-12)17-15(18)14(21-16(17)19)10-13-8-5-9-20-13/h2-11H,1H3/b14-10+/t11-/m0/s1. The number of thiocarbonyl (C=S) groups is 1. The van der Waals surface area contributed by atoms with Crippen LogP contribution in [0.4, 0.5) is 0 Å². The second-order valence-electron chi connectivity index (χ2n) is 4.65. The quantitative estimate of drug-likeness (QED) is 0.600. The predicted octanol–water partition coefficient (Wildman–Crippen LogP) is 4.71. The molecule has 0 radical (unpaired) electrons. The first kappa shape index (κ1) is 14.5. The van der Waals surface area contributed by atoms with Crippen LogP contribution in [-0.2, 0) is 4.79 Å². The SMILES string of the molecule is C[C@@H](c1ccccc1)N1C(=O)/C(=C\c2cccs2)SC1=S. The van der Waals surface area contributed by atoms with E-state index < -0.39 is 0 Å². The molecule has 2 heterocycles. The van der Waals surface area contributed by atoms with E-state index in [0.717, 1.165) is 10.4 Å². The molecule has 0 unspecified atom stereocenters. The Morgan fingerprint density at radius 3 is 2.62 bits per heavy atom. The van der Waals surface area contributed by atoms with E-state index in [9.17, 15) is 4.79 Å². The molecule has 2 aromatic rings. The van der Waals surface area contributed by atoms with Crippen LogP contribution < -0.4 is 0 Å². The van der Waals surface area contributed by atoms with Gasteiger partial charge in [0.05, 0.1) is 10.9 Å². The maximum atomic E-state index is 12.6. The molecule has 0 aliphatic carbocycles. The van der Waals surface area contributed by atoms with Crippen molar-refractivity contribution in [2.24, 2.45) is 0 Å². The molecule has 1 saturated heterocycles. The van der Waals surface area contributed by atoms with Gasteiger partial charge in [0.25, 0.3) is 5.91 Å². The Morgan fingerprint density at radius 1 is 1.19 bits per heavy atom. The molecule has 0 spiro atoms. The van der Waals surface area contributed by atoms with E-state index >= 15 is 0 Å². The predicted molar refractivity (Wildman–Crippen MR) is 94.2 cm³/mol. The van der Waals surface area contributed by atoms with Crippen molar-refractivity contribution in [2.45, 2.75) is 13.0 Å². The summed E-state index contributed by atoms with van der Waals surface area (Å²) >= 11 is 8.39. The monoisotopic (exact) mass is 331 g/mol. The molecule has 1 aliphatic heterocycles. The first-order valence-electron chi connectivity index (χ1n) is 6.52. The van der Waals surface area contributed by atoms with Crippen LogP contribution in [0.2, 0.25) is 0 Å². The minimum absolute atomic E-state index is 0.00486. The van der Waals surface area contributed by atoms with Crippen LogP contribution in [0.15, 0.2) is 52.7 Å². The molecule has 21 heavy (non-hydrogen) atoms.